The smallest absolute Gasteiger partial charge is 0.314 e. The maximum absolute atomic E-state index is 13.0. The Labute approximate surface area is 510 Å². The lowest BCUT2D eigenvalue weighted by Gasteiger charge is -2.30. The number of aliphatic hydroxyl groups excluding tert-OH is 2. The predicted octanol–water partition coefficient (Wildman–Crippen LogP) is 5.22. The van der Waals surface area contributed by atoms with Crippen LogP contribution in [-0.4, -0.2) is 192 Å². The normalized spacial score (nSPS) is 20.6. The number of unbranched alkanes of at least 4 members (excludes halogenated alkanes) is 1. The Morgan fingerprint density at radius 2 is 0.857 bits per heavy atom. The van der Waals surface area contributed by atoms with Crippen LogP contribution in [0.5, 0.6) is 11.5 Å². The number of hydrogen-bond donors (Lipinski definition) is 8. The molecule has 2 aliphatic carbocycles. The number of halogens is 4. The highest BCUT2D eigenvalue weighted by atomic mass is 35.5. The molecule has 2 fully saturated rings. The third kappa shape index (κ3) is 19.1. The number of aliphatic hydroxyl groups is 2. The van der Waals surface area contributed by atoms with E-state index in [1.165, 1.54) is 24.3 Å². The van der Waals surface area contributed by atoms with Crippen LogP contribution in [0.15, 0.2) is 82.6 Å². The highest BCUT2D eigenvalue weighted by molar-refractivity contribution is 7.89. The Morgan fingerprint density at radius 3 is 1.21 bits per heavy atom. The lowest BCUT2D eigenvalue weighted by molar-refractivity contribution is 0.0516. The molecule has 4 aromatic carbocycles. The van der Waals surface area contributed by atoms with Gasteiger partial charge in [0.15, 0.2) is 0 Å². The minimum Gasteiger partial charge on any atom is -0.484 e. The molecule has 462 valence electrons. The average molecular weight is 1290 g/mol. The Bertz CT molecular complexity index is 2830. The SMILES string of the molecule is O=C(NCCCCNC(=O)NCCOCCOCCNS(=O)(=O)c1ccc(OC2c3cc(Cl)cc(Cl)c3CC2N2CCC(O)C2)cc1)NCCOCCOCCNS(=O)(=O)c1ccc(OC2c3cc(Cl)cc(Cl)c3CC2N2CCC(O)C2)cc1. The van der Waals surface area contributed by atoms with E-state index in [1.54, 1.807) is 36.4 Å². The molecule has 0 bridgehead atoms. The van der Waals surface area contributed by atoms with Gasteiger partial charge in [-0.05, 0) is 122 Å². The molecule has 4 amide bonds. The average Bonchev–Trinajstić information content (AvgIpc) is 3.45. The number of sulfonamides is 2. The zero-order valence-electron chi connectivity index (χ0n) is 46.4. The number of urea groups is 2. The summed E-state index contributed by atoms with van der Waals surface area (Å²) in [5.41, 5.74) is 3.66. The van der Waals surface area contributed by atoms with Crippen molar-refractivity contribution in [2.75, 3.05) is 118 Å². The first-order valence-corrected chi connectivity index (χ1v) is 32.6. The number of rotatable bonds is 33. The fraction of sp³-hybridized carbons (Fsp3) is 0.536. The largest absolute Gasteiger partial charge is 0.484 e. The molecule has 8 rings (SSSR count). The standard InChI is InChI=1S/C56H74Cl4N8O14S2/c57-37-29-47-45(49(59)31-37)33-51(67-19-11-39(69)35-67)53(47)81-41-3-7-43(8-4-41)83(73,74)65-17-23-79-27-25-77-21-15-63-55(71)61-13-1-2-14-62-56(72)64-16-22-78-26-28-80-24-18-66-84(75,76)44-9-5-42(6-10-44)82-54-48-30-38(58)32-50(60)46(48)34-52(54)68-20-12-40(70)36-68/h3-10,29-32,39-40,51-54,65-66,69-70H,1-2,11-28,33-36H2,(H2,61,63,71)(H2,62,64,72). The molecule has 22 nitrogen and oxygen atoms in total. The summed E-state index contributed by atoms with van der Waals surface area (Å²) in [6, 6.07) is 18.7. The van der Waals surface area contributed by atoms with Crippen molar-refractivity contribution in [2.45, 2.75) is 84.8 Å². The Morgan fingerprint density at radius 1 is 0.500 bits per heavy atom. The van der Waals surface area contributed by atoms with E-state index in [4.69, 9.17) is 74.8 Å². The minimum atomic E-state index is -3.82. The van der Waals surface area contributed by atoms with E-state index < -0.39 is 44.5 Å². The van der Waals surface area contributed by atoms with E-state index in [-0.39, 0.29) is 113 Å². The zero-order valence-corrected chi connectivity index (χ0v) is 51.0. The van der Waals surface area contributed by atoms with Gasteiger partial charge in [0, 0.05) is 96.7 Å². The van der Waals surface area contributed by atoms with Gasteiger partial charge in [-0.25, -0.2) is 35.9 Å². The minimum absolute atomic E-state index is 0.0448. The summed E-state index contributed by atoms with van der Waals surface area (Å²) < 4.78 is 92.0. The van der Waals surface area contributed by atoms with Crippen molar-refractivity contribution in [2.24, 2.45) is 0 Å². The molecule has 0 spiro atoms. The van der Waals surface area contributed by atoms with Crippen LogP contribution in [0, 0.1) is 0 Å². The monoisotopic (exact) mass is 1290 g/mol. The van der Waals surface area contributed by atoms with Crippen LogP contribution in [0.1, 0.15) is 60.1 Å². The highest BCUT2D eigenvalue weighted by Crippen LogP contribution is 2.45. The number of likely N-dealkylation sites (tertiary alicyclic amines) is 2. The molecule has 4 aliphatic rings. The van der Waals surface area contributed by atoms with Gasteiger partial charge in [-0.1, -0.05) is 46.4 Å². The maximum Gasteiger partial charge on any atom is 0.314 e. The second-order valence-corrected chi connectivity index (χ2v) is 25.9. The quantitative estimate of drug-likeness (QED) is 0.0284. The highest BCUT2D eigenvalue weighted by Gasteiger charge is 2.43. The summed E-state index contributed by atoms with van der Waals surface area (Å²) in [6.07, 6.45) is 2.27. The van der Waals surface area contributed by atoms with E-state index in [1.807, 2.05) is 12.1 Å². The number of benzene rings is 4. The van der Waals surface area contributed by atoms with Gasteiger partial charge >= 0.3 is 12.1 Å². The number of carbonyl (C=O) groups is 2. The number of amides is 4. The van der Waals surface area contributed by atoms with Crippen molar-refractivity contribution < 1.29 is 65.1 Å². The molecule has 2 aliphatic heterocycles. The van der Waals surface area contributed by atoms with Gasteiger partial charge in [0.1, 0.15) is 23.7 Å². The second kappa shape index (κ2) is 32.1. The maximum atomic E-state index is 13.0. The fourth-order valence-electron chi connectivity index (χ4n) is 10.5. The van der Waals surface area contributed by atoms with Crippen molar-refractivity contribution in [3.8, 4) is 11.5 Å². The van der Waals surface area contributed by atoms with Crippen molar-refractivity contribution in [1.29, 1.82) is 0 Å². The summed E-state index contributed by atoms with van der Waals surface area (Å²) in [5, 5.41) is 33.4. The van der Waals surface area contributed by atoms with Crippen LogP contribution in [0.25, 0.3) is 0 Å². The number of nitrogens with one attached hydrogen (secondary N) is 6. The van der Waals surface area contributed by atoms with Gasteiger partial charge in [-0.15, -0.1) is 0 Å². The van der Waals surface area contributed by atoms with Gasteiger partial charge in [0.25, 0.3) is 0 Å². The predicted molar refractivity (Wildman–Crippen MR) is 318 cm³/mol. The van der Waals surface area contributed by atoms with Crippen LogP contribution in [0.3, 0.4) is 0 Å². The number of β-amino-alcohol motifs (C(OH)–C–C–N with tert-alkyl or cyclic N) is 2. The van der Waals surface area contributed by atoms with Gasteiger partial charge in [0.2, 0.25) is 20.0 Å². The lowest BCUT2D eigenvalue weighted by atomic mass is 10.1. The van der Waals surface area contributed by atoms with Crippen molar-refractivity contribution in [3.05, 3.63) is 115 Å². The number of carbonyl (C=O) groups excluding carboxylic acids is 2. The van der Waals surface area contributed by atoms with E-state index >= 15 is 0 Å². The molecular formula is C56H74Cl4N8O14S2. The van der Waals surface area contributed by atoms with Crippen molar-refractivity contribution in [1.82, 2.24) is 40.5 Å². The van der Waals surface area contributed by atoms with Gasteiger partial charge < -0.3 is 59.9 Å². The lowest BCUT2D eigenvalue weighted by Crippen LogP contribution is -2.39. The van der Waals surface area contributed by atoms with Crippen LogP contribution in [-0.2, 0) is 51.8 Å². The number of fused-ring (bicyclic) bond motifs is 2. The summed E-state index contributed by atoms with van der Waals surface area (Å²) >= 11 is 25.9. The number of nitrogens with zero attached hydrogens (tertiary/aromatic N) is 2. The summed E-state index contributed by atoms with van der Waals surface area (Å²) in [6.45, 7) is 5.64. The Kier molecular flexibility index (Phi) is 25.1. The van der Waals surface area contributed by atoms with Gasteiger partial charge in [-0.3, -0.25) is 9.80 Å². The molecule has 4 aromatic rings. The molecule has 2 heterocycles. The summed E-state index contributed by atoms with van der Waals surface area (Å²) in [5.74, 6) is 0.965. The molecule has 6 unspecified atom stereocenters. The molecular weight excluding hydrogens is 1210 g/mol. The van der Waals surface area contributed by atoms with Crippen LogP contribution in [0.4, 0.5) is 9.59 Å². The molecule has 8 N–H and O–H groups in total. The first-order valence-electron chi connectivity index (χ1n) is 28.1. The number of ether oxygens (including phenoxy) is 6. The topological polar surface area (TPSA) is 277 Å². The molecule has 6 atom stereocenters. The van der Waals surface area contributed by atoms with Crippen molar-refractivity contribution in [3.63, 3.8) is 0 Å². The summed E-state index contributed by atoms with van der Waals surface area (Å²) in [4.78, 5) is 28.8. The van der Waals surface area contributed by atoms with E-state index in [0.717, 1.165) is 35.3 Å². The molecule has 28 heteroatoms. The van der Waals surface area contributed by atoms with Crippen LogP contribution in [0.2, 0.25) is 20.1 Å². The molecule has 0 saturated carbocycles. The Hall–Kier alpha value is -4.32. The van der Waals surface area contributed by atoms with Gasteiger partial charge in [-0.2, -0.15) is 0 Å². The Balaban J connectivity index is 0.576. The molecule has 2 saturated heterocycles. The first kappa shape index (κ1) is 65.7. The van der Waals surface area contributed by atoms with E-state index in [0.29, 0.717) is 96.3 Å². The van der Waals surface area contributed by atoms with Crippen LogP contribution >= 0.6 is 46.4 Å². The van der Waals surface area contributed by atoms with E-state index in [2.05, 4.69) is 40.5 Å². The molecule has 84 heavy (non-hydrogen) atoms. The molecule has 0 aromatic heterocycles. The third-order valence-corrected chi connectivity index (χ3v) is 18.8. The third-order valence-electron chi connectivity index (χ3n) is 14.7. The summed E-state index contributed by atoms with van der Waals surface area (Å²) in [7, 11) is -7.65. The fourth-order valence-corrected chi connectivity index (χ4v) is 13.7. The first-order chi connectivity index (χ1) is 40.4. The van der Waals surface area contributed by atoms with Crippen molar-refractivity contribution >= 4 is 78.5 Å². The molecule has 0 radical (unpaired) electrons. The van der Waals surface area contributed by atoms with Gasteiger partial charge in [0.05, 0.1) is 86.9 Å². The second-order valence-electron chi connectivity index (χ2n) is 20.7. The van der Waals surface area contributed by atoms with E-state index in [9.17, 15) is 36.6 Å². The zero-order chi connectivity index (χ0) is 59.6. The number of hydrogen-bond acceptors (Lipinski definition) is 16. The van der Waals surface area contributed by atoms with Crippen LogP contribution < -0.4 is 40.2 Å².